The third kappa shape index (κ3) is 7.31. The van der Waals surface area contributed by atoms with Gasteiger partial charge in [-0.05, 0) is 109 Å². The number of carbonyl (C=O) groups excluding carboxylic acids is 1. The van der Waals surface area contributed by atoms with Gasteiger partial charge in [0.2, 0.25) is 0 Å². The lowest BCUT2D eigenvalue weighted by molar-refractivity contribution is 0.0496. The van der Waals surface area contributed by atoms with Crippen LogP contribution in [0.2, 0.25) is 0 Å². The Morgan fingerprint density at radius 1 is 0.524 bits per heavy atom. The summed E-state index contributed by atoms with van der Waals surface area (Å²) in [7, 11) is 0. The van der Waals surface area contributed by atoms with Gasteiger partial charge in [0, 0.05) is 28.7 Å². The molecule has 5 aromatic rings. The first-order valence-electron chi connectivity index (χ1n) is 13.4. The molecule has 0 fully saturated rings. The van der Waals surface area contributed by atoms with Crippen LogP contribution in [0.25, 0.3) is 0 Å². The molecule has 0 amide bonds. The molecule has 0 saturated heterocycles. The van der Waals surface area contributed by atoms with Gasteiger partial charge in [-0.25, -0.2) is 4.79 Å². The van der Waals surface area contributed by atoms with Crippen LogP contribution in [-0.4, -0.2) is 12.6 Å². The highest BCUT2D eigenvalue weighted by Crippen LogP contribution is 2.33. The summed E-state index contributed by atoms with van der Waals surface area (Å²) in [5, 5.41) is 0. The zero-order chi connectivity index (χ0) is 29.5. The van der Waals surface area contributed by atoms with Gasteiger partial charge in [0.15, 0.2) is 0 Å². The fourth-order valence-electron chi connectivity index (χ4n) is 4.55. The maximum atomic E-state index is 12.7. The van der Waals surface area contributed by atoms with Crippen LogP contribution in [0, 0.1) is 0 Å². The molecule has 212 valence electrons. The molecule has 0 bridgehead atoms. The second kappa shape index (κ2) is 12.7. The van der Waals surface area contributed by atoms with Crippen molar-refractivity contribution in [2.24, 2.45) is 0 Å². The zero-order valence-corrected chi connectivity index (χ0v) is 22.9. The van der Waals surface area contributed by atoms with Crippen molar-refractivity contribution in [2.45, 2.75) is 12.3 Å². The Bertz CT molecular complexity index is 1520. The van der Waals surface area contributed by atoms with Gasteiger partial charge in [-0.1, -0.05) is 24.3 Å². The topological polar surface area (TPSA) is 149 Å². The van der Waals surface area contributed by atoms with Crippen molar-refractivity contribution in [3.8, 4) is 23.0 Å². The Kier molecular flexibility index (Phi) is 8.44. The van der Waals surface area contributed by atoms with E-state index in [2.05, 4.69) is 0 Å². The van der Waals surface area contributed by atoms with Crippen molar-refractivity contribution in [3.05, 3.63) is 132 Å². The molecule has 8 N–H and O–H groups in total. The Balaban J connectivity index is 1.32. The first-order valence-corrected chi connectivity index (χ1v) is 13.4. The van der Waals surface area contributed by atoms with E-state index in [9.17, 15) is 4.79 Å². The summed E-state index contributed by atoms with van der Waals surface area (Å²) in [5.74, 6) is 2.23. The largest absolute Gasteiger partial charge is 0.462 e. The third-order valence-corrected chi connectivity index (χ3v) is 6.65. The fourth-order valence-corrected chi connectivity index (χ4v) is 4.55. The number of rotatable bonds is 10. The van der Waals surface area contributed by atoms with Crippen molar-refractivity contribution >= 4 is 28.7 Å². The van der Waals surface area contributed by atoms with Crippen LogP contribution in [-0.2, 0) is 4.74 Å². The van der Waals surface area contributed by atoms with E-state index < -0.39 is 5.97 Å². The lowest BCUT2D eigenvalue weighted by Gasteiger charge is -2.19. The van der Waals surface area contributed by atoms with Gasteiger partial charge in [-0.15, -0.1) is 0 Å². The average molecular weight is 561 g/mol. The molecule has 0 aliphatic rings. The van der Waals surface area contributed by atoms with Crippen LogP contribution < -0.4 is 32.4 Å². The average Bonchev–Trinajstić information content (AvgIpc) is 2.98. The predicted molar refractivity (Wildman–Crippen MR) is 167 cm³/mol. The van der Waals surface area contributed by atoms with E-state index in [1.54, 1.807) is 42.5 Å². The zero-order valence-electron chi connectivity index (χ0n) is 22.9. The highest BCUT2D eigenvalue weighted by atomic mass is 16.5. The summed E-state index contributed by atoms with van der Waals surface area (Å²) in [6.07, 6.45) is 0.542. The van der Waals surface area contributed by atoms with Crippen LogP contribution in [0.5, 0.6) is 23.0 Å². The number of benzene rings is 5. The lowest BCUT2D eigenvalue weighted by Crippen LogP contribution is -2.11. The van der Waals surface area contributed by atoms with Crippen LogP contribution in [0.15, 0.2) is 115 Å². The van der Waals surface area contributed by atoms with Crippen LogP contribution >= 0.6 is 0 Å². The molecule has 8 heteroatoms. The smallest absolute Gasteiger partial charge is 0.338 e. The highest BCUT2D eigenvalue weighted by Gasteiger charge is 2.17. The molecule has 42 heavy (non-hydrogen) atoms. The normalized spacial score (nSPS) is 10.8. The number of ether oxygens (including phenoxy) is 3. The van der Waals surface area contributed by atoms with Gasteiger partial charge in [-0.3, -0.25) is 0 Å². The summed E-state index contributed by atoms with van der Waals surface area (Å²) in [6.45, 7) is 0.186. The molecule has 5 aromatic carbocycles. The van der Waals surface area contributed by atoms with Gasteiger partial charge in [0.05, 0.1) is 12.2 Å². The molecule has 5 rings (SSSR count). The molecule has 0 aliphatic carbocycles. The van der Waals surface area contributed by atoms with Gasteiger partial charge < -0.3 is 37.1 Å². The van der Waals surface area contributed by atoms with Crippen LogP contribution in [0.3, 0.4) is 0 Å². The van der Waals surface area contributed by atoms with Crippen molar-refractivity contribution in [1.29, 1.82) is 0 Å². The van der Waals surface area contributed by atoms with E-state index >= 15 is 0 Å². The van der Waals surface area contributed by atoms with E-state index in [4.69, 9.17) is 37.1 Å². The number of esters is 1. The molecule has 0 spiro atoms. The summed E-state index contributed by atoms with van der Waals surface area (Å²) < 4.78 is 17.5. The minimum absolute atomic E-state index is 0.0696. The second-order valence-corrected chi connectivity index (χ2v) is 9.85. The number of nitrogen functional groups attached to an aromatic ring is 4. The Labute approximate surface area is 244 Å². The quantitative estimate of drug-likeness (QED) is 0.106. The Hall–Kier alpha value is -5.63. The number of hydrogen-bond donors (Lipinski definition) is 4. The molecule has 0 heterocycles. The molecule has 0 unspecified atom stereocenters. The summed E-state index contributed by atoms with van der Waals surface area (Å²) in [6, 6.07) is 34.9. The Morgan fingerprint density at radius 2 is 0.905 bits per heavy atom. The second-order valence-electron chi connectivity index (χ2n) is 9.85. The van der Waals surface area contributed by atoms with Gasteiger partial charge in [0.25, 0.3) is 0 Å². The number of hydrogen-bond acceptors (Lipinski definition) is 8. The Morgan fingerprint density at radius 3 is 1.31 bits per heavy atom. The van der Waals surface area contributed by atoms with Crippen molar-refractivity contribution in [1.82, 2.24) is 0 Å². The van der Waals surface area contributed by atoms with Crippen molar-refractivity contribution in [3.63, 3.8) is 0 Å². The molecule has 0 saturated carbocycles. The lowest BCUT2D eigenvalue weighted by atomic mass is 9.88. The molecule has 0 radical (unpaired) electrons. The molecule has 0 atom stereocenters. The van der Waals surface area contributed by atoms with Crippen LogP contribution in [0.4, 0.5) is 22.7 Å². The minimum atomic E-state index is -0.479. The summed E-state index contributed by atoms with van der Waals surface area (Å²) in [4.78, 5) is 12.7. The van der Waals surface area contributed by atoms with Crippen molar-refractivity contribution < 1.29 is 19.0 Å². The van der Waals surface area contributed by atoms with Gasteiger partial charge in [-0.2, -0.15) is 0 Å². The van der Waals surface area contributed by atoms with Gasteiger partial charge >= 0.3 is 5.97 Å². The standard InChI is InChI=1S/C34H32N4O4/c35-25-5-13-31(14-6-25)41-29-9-1-22(2-10-29)33(17-18-40-34(39)24-19-27(37)21-28(38)20-24)23-3-11-30(12-4-23)42-32-15-7-26(36)8-16-32/h1-16,19-21,33H,17-18,35-38H2. The molecular weight excluding hydrogens is 528 g/mol. The van der Waals surface area contributed by atoms with Crippen LogP contribution in [0.1, 0.15) is 33.8 Å². The molecule has 0 aliphatic heterocycles. The maximum Gasteiger partial charge on any atom is 0.338 e. The fraction of sp³-hybridized carbons (Fsp3) is 0.0882. The van der Waals surface area contributed by atoms with E-state index in [1.807, 2.05) is 72.8 Å². The van der Waals surface area contributed by atoms with E-state index in [-0.39, 0.29) is 12.5 Å². The van der Waals surface area contributed by atoms with Gasteiger partial charge in [0.1, 0.15) is 23.0 Å². The van der Waals surface area contributed by atoms with Crippen molar-refractivity contribution in [2.75, 3.05) is 29.5 Å². The first-order chi connectivity index (χ1) is 20.3. The first kappa shape index (κ1) is 27.9. The SMILES string of the molecule is Nc1ccc(Oc2ccc(C(CCOC(=O)c3cc(N)cc(N)c3)c3ccc(Oc4ccc(N)cc4)cc3)cc2)cc1. The van der Waals surface area contributed by atoms with E-state index in [0.29, 0.717) is 57.7 Å². The minimum Gasteiger partial charge on any atom is -0.462 e. The van der Waals surface area contributed by atoms with E-state index in [1.165, 1.54) is 0 Å². The number of carbonyl (C=O) groups is 1. The monoisotopic (exact) mass is 560 g/mol. The summed E-state index contributed by atoms with van der Waals surface area (Å²) in [5.41, 5.74) is 27.8. The molecular formula is C34H32N4O4. The maximum absolute atomic E-state index is 12.7. The molecule has 8 nitrogen and oxygen atoms in total. The number of anilines is 4. The van der Waals surface area contributed by atoms with E-state index in [0.717, 1.165) is 11.1 Å². The third-order valence-electron chi connectivity index (χ3n) is 6.65. The predicted octanol–water partition coefficient (Wildman–Crippen LogP) is 6.98. The summed E-state index contributed by atoms with van der Waals surface area (Å²) >= 11 is 0. The highest BCUT2D eigenvalue weighted by molar-refractivity contribution is 5.91. The number of nitrogens with two attached hydrogens (primary N) is 4. The molecule has 0 aromatic heterocycles.